The lowest BCUT2D eigenvalue weighted by Gasteiger charge is -2.26. The lowest BCUT2D eigenvalue weighted by Crippen LogP contribution is -2.38. The van der Waals surface area contributed by atoms with Gasteiger partial charge in [0.15, 0.2) is 6.61 Å². The molecule has 0 saturated carbocycles. The first-order valence-corrected chi connectivity index (χ1v) is 8.05. The highest BCUT2D eigenvalue weighted by Crippen LogP contribution is 2.24. The summed E-state index contributed by atoms with van der Waals surface area (Å²) in [5.41, 5.74) is 0. The van der Waals surface area contributed by atoms with Crippen LogP contribution in [0.4, 0.5) is 0 Å². The molecule has 1 aromatic heterocycles. The second kappa shape index (κ2) is 7.83. The van der Waals surface area contributed by atoms with Crippen molar-refractivity contribution in [3.8, 4) is 5.75 Å². The molecule has 1 saturated heterocycles. The van der Waals surface area contributed by atoms with Gasteiger partial charge in [-0.25, -0.2) is 0 Å². The van der Waals surface area contributed by atoms with Crippen molar-refractivity contribution in [2.45, 2.75) is 18.9 Å². The number of carbonyl (C=O) groups excluding carboxylic acids is 1. The van der Waals surface area contributed by atoms with E-state index in [0.717, 1.165) is 18.8 Å². The summed E-state index contributed by atoms with van der Waals surface area (Å²) in [4.78, 5) is 14.4. The van der Waals surface area contributed by atoms with Gasteiger partial charge in [-0.05, 0) is 50.2 Å². The zero-order valence-corrected chi connectivity index (χ0v) is 13.1. The fourth-order valence-electron chi connectivity index (χ4n) is 2.87. The Morgan fingerprint density at radius 3 is 2.65 bits per heavy atom. The molecular formula is C18H22N2O3. The van der Waals surface area contributed by atoms with Gasteiger partial charge in [-0.3, -0.25) is 9.69 Å². The third-order valence-corrected chi connectivity index (χ3v) is 4.06. The van der Waals surface area contributed by atoms with Gasteiger partial charge in [-0.1, -0.05) is 18.2 Å². The summed E-state index contributed by atoms with van der Waals surface area (Å²) >= 11 is 0. The number of hydrogen-bond acceptors (Lipinski definition) is 4. The number of nitrogens with zero attached hydrogens (tertiary/aromatic N) is 1. The number of carbonyl (C=O) groups is 1. The number of benzene rings is 1. The van der Waals surface area contributed by atoms with E-state index in [4.69, 9.17) is 9.15 Å². The van der Waals surface area contributed by atoms with Crippen LogP contribution in [0.15, 0.2) is 53.1 Å². The number of likely N-dealkylation sites (tertiary alicyclic amines) is 1. The molecule has 1 atom stereocenters. The molecule has 1 aromatic carbocycles. The maximum absolute atomic E-state index is 12.0. The minimum Gasteiger partial charge on any atom is -0.484 e. The Hall–Kier alpha value is -2.27. The van der Waals surface area contributed by atoms with Gasteiger partial charge < -0.3 is 14.5 Å². The normalized spacial score (nSPS) is 16.2. The first-order chi connectivity index (χ1) is 11.3. The summed E-state index contributed by atoms with van der Waals surface area (Å²) in [5, 5.41) is 2.95. The highest BCUT2D eigenvalue weighted by molar-refractivity contribution is 5.77. The first kappa shape index (κ1) is 15.6. The Bertz CT molecular complexity index is 592. The zero-order chi connectivity index (χ0) is 15.9. The molecule has 0 aliphatic carbocycles. The number of nitrogens with one attached hydrogen (secondary N) is 1. The molecule has 3 rings (SSSR count). The van der Waals surface area contributed by atoms with Crippen LogP contribution in [-0.2, 0) is 4.79 Å². The van der Waals surface area contributed by atoms with Crippen LogP contribution in [0, 0.1) is 0 Å². The average Bonchev–Trinajstić information content (AvgIpc) is 3.28. The van der Waals surface area contributed by atoms with Crippen molar-refractivity contribution >= 4 is 5.91 Å². The molecule has 5 heteroatoms. The molecular weight excluding hydrogens is 292 g/mol. The Labute approximate surface area is 136 Å². The Morgan fingerprint density at radius 2 is 1.96 bits per heavy atom. The predicted octanol–water partition coefficient (Wildman–Crippen LogP) is 2.61. The van der Waals surface area contributed by atoms with E-state index in [1.165, 1.54) is 12.8 Å². The van der Waals surface area contributed by atoms with Crippen molar-refractivity contribution in [1.82, 2.24) is 10.2 Å². The van der Waals surface area contributed by atoms with E-state index in [1.54, 1.807) is 6.26 Å². The standard InChI is InChI=1S/C18H22N2O3/c21-18(14-23-15-7-2-1-3-8-15)19-13-16(17-9-6-12-22-17)20-10-4-5-11-20/h1-3,6-9,12,16H,4-5,10-11,13-14H2,(H,19,21). The van der Waals surface area contributed by atoms with Crippen LogP contribution in [0.25, 0.3) is 0 Å². The molecule has 2 aromatic rings. The van der Waals surface area contributed by atoms with E-state index in [2.05, 4.69) is 10.2 Å². The van der Waals surface area contributed by atoms with Crippen LogP contribution in [-0.4, -0.2) is 37.0 Å². The number of para-hydroxylation sites is 1. The molecule has 1 unspecified atom stereocenters. The largest absolute Gasteiger partial charge is 0.484 e. The second-order valence-corrected chi connectivity index (χ2v) is 5.68. The average molecular weight is 314 g/mol. The topological polar surface area (TPSA) is 54.7 Å². The fourth-order valence-corrected chi connectivity index (χ4v) is 2.87. The minimum absolute atomic E-state index is 0.0227. The Morgan fingerprint density at radius 1 is 1.17 bits per heavy atom. The van der Waals surface area contributed by atoms with Crippen LogP contribution < -0.4 is 10.1 Å². The maximum atomic E-state index is 12.0. The van der Waals surface area contributed by atoms with E-state index >= 15 is 0 Å². The van der Waals surface area contributed by atoms with E-state index in [1.807, 2.05) is 42.5 Å². The van der Waals surface area contributed by atoms with Gasteiger partial charge in [0.2, 0.25) is 0 Å². The molecule has 5 nitrogen and oxygen atoms in total. The highest BCUT2D eigenvalue weighted by atomic mass is 16.5. The van der Waals surface area contributed by atoms with Gasteiger partial charge in [-0.2, -0.15) is 0 Å². The van der Waals surface area contributed by atoms with Crippen LogP contribution in [0.3, 0.4) is 0 Å². The van der Waals surface area contributed by atoms with Gasteiger partial charge in [0, 0.05) is 6.54 Å². The zero-order valence-electron chi connectivity index (χ0n) is 13.1. The molecule has 1 fully saturated rings. The monoisotopic (exact) mass is 314 g/mol. The van der Waals surface area contributed by atoms with Crippen molar-refractivity contribution in [2.75, 3.05) is 26.2 Å². The summed E-state index contributed by atoms with van der Waals surface area (Å²) < 4.78 is 11.0. The second-order valence-electron chi connectivity index (χ2n) is 5.68. The van der Waals surface area contributed by atoms with Crippen molar-refractivity contribution in [3.05, 3.63) is 54.5 Å². The quantitative estimate of drug-likeness (QED) is 0.853. The van der Waals surface area contributed by atoms with Gasteiger partial charge in [0.05, 0.1) is 12.3 Å². The minimum atomic E-state index is -0.121. The third kappa shape index (κ3) is 4.36. The van der Waals surface area contributed by atoms with Gasteiger partial charge in [0.1, 0.15) is 11.5 Å². The smallest absolute Gasteiger partial charge is 0.258 e. The number of ether oxygens (including phenoxy) is 1. The Balaban J connectivity index is 1.51. The maximum Gasteiger partial charge on any atom is 0.258 e. The molecule has 23 heavy (non-hydrogen) atoms. The summed E-state index contributed by atoms with van der Waals surface area (Å²) in [6, 6.07) is 13.3. The SMILES string of the molecule is O=C(COc1ccccc1)NCC(c1ccco1)N1CCCC1. The molecule has 1 aliphatic rings. The van der Waals surface area contributed by atoms with Crippen molar-refractivity contribution in [3.63, 3.8) is 0 Å². The Kier molecular flexibility index (Phi) is 5.32. The van der Waals surface area contributed by atoms with Crippen LogP contribution in [0.1, 0.15) is 24.6 Å². The van der Waals surface area contributed by atoms with Gasteiger partial charge in [-0.15, -0.1) is 0 Å². The van der Waals surface area contributed by atoms with E-state index in [-0.39, 0.29) is 18.6 Å². The van der Waals surface area contributed by atoms with E-state index in [9.17, 15) is 4.79 Å². The predicted molar refractivity (Wildman–Crippen MR) is 87.2 cm³/mol. The summed E-state index contributed by atoms with van der Waals surface area (Å²) in [6.45, 7) is 2.64. The van der Waals surface area contributed by atoms with Crippen molar-refractivity contribution < 1.29 is 13.9 Å². The van der Waals surface area contributed by atoms with E-state index < -0.39 is 0 Å². The molecule has 1 N–H and O–H groups in total. The molecule has 1 amide bonds. The molecule has 0 radical (unpaired) electrons. The summed E-state index contributed by atoms with van der Waals surface area (Å²) in [6.07, 6.45) is 4.07. The molecule has 0 spiro atoms. The summed E-state index contributed by atoms with van der Waals surface area (Å²) in [5.74, 6) is 1.48. The van der Waals surface area contributed by atoms with Crippen LogP contribution in [0.5, 0.6) is 5.75 Å². The third-order valence-electron chi connectivity index (χ3n) is 4.06. The van der Waals surface area contributed by atoms with Gasteiger partial charge >= 0.3 is 0 Å². The highest BCUT2D eigenvalue weighted by Gasteiger charge is 2.25. The lowest BCUT2D eigenvalue weighted by atomic mass is 10.2. The fraction of sp³-hybridized carbons (Fsp3) is 0.389. The summed E-state index contributed by atoms with van der Waals surface area (Å²) in [7, 11) is 0. The van der Waals surface area contributed by atoms with Crippen molar-refractivity contribution in [1.29, 1.82) is 0 Å². The van der Waals surface area contributed by atoms with E-state index in [0.29, 0.717) is 12.3 Å². The number of hydrogen-bond donors (Lipinski definition) is 1. The van der Waals surface area contributed by atoms with Gasteiger partial charge in [0.25, 0.3) is 5.91 Å². The number of furan rings is 1. The number of amides is 1. The molecule has 0 bridgehead atoms. The van der Waals surface area contributed by atoms with Crippen molar-refractivity contribution in [2.24, 2.45) is 0 Å². The molecule has 1 aliphatic heterocycles. The number of rotatable bonds is 7. The first-order valence-electron chi connectivity index (χ1n) is 8.05. The van der Waals surface area contributed by atoms with Crippen LogP contribution >= 0.6 is 0 Å². The molecule has 2 heterocycles. The molecule has 122 valence electrons. The lowest BCUT2D eigenvalue weighted by molar-refractivity contribution is -0.123. The van der Waals surface area contributed by atoms with Crippen LogP contribution in [0.2, 0.25) is 0 Å².